The van der Waals surface area contributed by atoms with Crippen LogP contribution in [0.5, 0.6) is 5.75 Å². The van der Waals surface area contributed by atoms with Gasteiger partial charge < -0.3 is 9.64 Å². The van der Waals surface area contributed by atoms with E-state index in [0.717, 1.165) is 36.9 Å². The van der Waals surface area contributed by atoms with Crippen LogP contribution in [0.4, 0.5) is 5.69 Å². The molecule has 2 heterocycles. The molecule has 0 aromatic heterocycles. The Hall–Kier alpha value is -2.38. The lowest BCUT2D eigenvalue weighted by Gasteiger charge is -2.30. The molecule has 0 atom stereocenters. The quantitative estimate of drug-likeness (QED) is 0.791. The number of rotatable bonds is 4. The Morgan fingerprint density at radius 3 is 2.50 bits per heavy atom. The first-order valence-corrected chi connectivity index (χ1v) is 11.0. The molecule has 7 heteroatoms. The van der Waals surface area contributed by atoms with Crippen molar-refractivity contribution in [3.8, 4) is 5.75 Å². The fourth-order valence-corrected chi connectivity index (χ4v) is 5.56. The Balaban J connectivity index is 1.68. The summed E-state index contributed by atoms with van der Waals surface area (Å²) in [7, 11) is -1.92. The van der Waals surface area contributed by atoms with Gasteiger partial charge in [0.15, 0.2) is 0 Å². The number of carbonyl (C=O) groups is 1. The van der Waals surface area contributed by atoms with Gasteiger partial charge in [-0.15, -0.1) is 0 Å². The maximum atomic E-state index is 13.2. The van der Waals surface area contributed by atoms with E-state index in [0.29, 0.717) is 35.8 Å². The standard InChI is InChI=1S/C21H24N2O4S/c1-27-20-9-3-2-8-18(20)21(24)23-14-6-7-16-15-17(10-11-19(16)23)28(25,26)22-12-4-5-13-22/h2-3,8-11,15H,4-7,12-14H2,1H3. The van der Waals surface area contributed by atoms with Crippen molar-refractivity contribution in [1.29, 1.82) is 0 Å². The monoisotopic (exact) mass is 400 g/mol. The van der Waals surface area contributed by atoms with Crippen LogP contribution in [-0.4, -0.2) is 45.4 Å². The number of methoxy groups -OCH3 is 1. The first-order chi connectivity index (χ1) is 13.5. The number of hydrogen-bond acceptors (Lipinski definition) is 4. The van der Waals surface area contributed by atoms with Gasteiger partial charge >= 0.3 is 0 Å². The highest BCUT2D eigenvalue weighted by Crippen LogP contribution is 2.33. The van der Waals surface area contributed by atoms with Crippen LogP contribution in [0.3, 0.4) is 0 Å². The van der Waals surface area contributed by atoms with Crippen LogP contribution in [0.15, 0.2) is 47.4 Å². The summed E-state index contributed by atoms with van der Waals surface area (Å²) in [4.78, 5) is 15.2. The summed E-state index contributed by atoms with van der Waals surface area (Å²) in [5, 5.41) is 0. The third kappa shape index (κ3) is 3.29. The molecule has 28 heavy (non-hydrogen) atoms. The smallest absolute Gasteiger partial charge is 0.262 e. The fourth-order valence-electron chi connectivity index (χ4n) is 3.99. The minimum absolute atomic E-state index is 0.131. The third-order valence-corrected chi connectivity index (χ3v) is 7.35. The second-order valence-electron chi connectivity index (χ2n) is 7.16. The van der Waals surface area contributed by atoms with Crippen molar-refractivity contribution in [2.45, 2.75) is 30.6 Å². The van der Waals surface area contributed by atoms with E-state index in [9.17, 15) is 13.2 Å². The Morgan fingerprint density at radius 2 is 1.75 bits per heavy atom. The third-order valence-electron chi connectivity index (χ3n) is 5.45. The van der Waals surface area contributed by atoms with E-state index in [1.165, 1.54) is 0 Å². The molecule has 2 aromatic rings. The van der Waals surface area contributed by atoms with E-state index in [-0.39, 0.29) is 5.91 Å². The molecule has 0 aliphatic carbocycles. The van der Waals surface area contributed by atoms with Crippen molar-refractivity contribution < 1.29 is 17.9 Å². The van der Waals surface area contributed by atoms with Crippen LogP contribution in [-0.2, 0) is 16.4 Å². The van der Waals surface area contributed by atoms with Gasteiger partial charge in [-0.25, -0.2) is 8.42 Å². The molecule has 0 N–H and O–H groups in total. The summed E-state index contributed by atoms with van der Waals surface area (Å²) in [5.74, 6) is 0.404. The number of hydrogen-bond donors (Lipinski definition) is 0. The van der Waals surface area contributed by atoms with Crippen LogP contribution >= 0.6 is 0 Å². The molecule has 4 rings (SSSR count). The topological polar surface area (TPSA) is 66.9 Å². The van der Waals surface area contributed by atoms with E-state index in [2.05, 4.69) is 0 Å². The van der Waals surface area contributed by atoms with Gasteiger partial charge in [0.05, 0.1) is 17.6 Å². The van der Waals surface area contributed by atoms with Crippen molar-refractivity contribution in [3.63, 3.8) is 0 Å². The van der Waals surface area contributed by atoms with Crippen molar-refractivity contribution in [1.82, 2.24) is 4.31 Å². The van der Waals surface area contributed by atoms with Gasteiger partial charge in [-0.2, -0.15) is 4.31 Å². The number of nitrogens with zero attached hydrogens (tertiary/aromatic N) is 2. The van der Waals surface area contributed by atoms with E-state index in [1.54, 1.807) is 46.6 Å². The highest BCUT2D eigenvalue weighted by molar-refractivity contribution is 7.89. The zero-order valence-electron chi connectivity index (χ0n) is 15.9. The van der Waals surface area contributed by atoms with Crippen LogP contribution < -0.4 is 9.64 Å². The predicted octanol–water partition coefficient (Wildman–Crippen LogP) is 3.07. The number of para-hydroxylation sites is 1. The van der Waals surface area contributed by atoms with Crippen molar-refractivity contribution >= 4 is 21.6 Å². The summed E-state index contributed by atoms with van der Waals surface area (Å²) in [6.07, 6.45) is 3.37. The van der Waals surface area contributed by atoms with Crippen LogP contribution in [0.1, 0.15) is 35.2 Å². The molecular weight excluding hydrogens is 376 g/mol. The maximum Gasteiger partial charge on any atom is 0.262 e. The number of ether oxygens (including phenoxy) is 1. The van der Waals surface area contributed by atoms with Crippen molar-refractivity contribution in [2.75, 3.05) is 31.6 Å². The van der Waals surface area contributed by atoms with Gasteiger partial charge in [0.25, 0.3) is 5.91 Å². The van der Waals surface area contributed by atoms with Gasteiger partial charge in [-0.05, 0) is 61.6 Å². The molecule has 2 aromatic carbocycles. The summed E-state index contributed by atoms with van der Waals surface area (Å²) >= 11 is 0. The molecule has 0 radical (unpaired) electrons. The van der Waals surface area contributed by atoms with Gasteiger partial charge in [0.1, 0.15) is 5.75 Å². The lowest BCUT2D eigenvalue weighted by atomic mass is 10.0. The zero-order valence-corrected chi connectivity index (χ0v) is 16.7. The Bertz CT molecular complexity index is 997. The summed E-state index contributed by atoms with van der Waals surface area (Å²) < 4.78 is 32.6. The van der Waals surface area contributed by atoms with Crippen LogP contribution in [0, 0.1) is 0 Å². The highest BCUT2D eigenvalue weighted by Gasteiger charge is 2.30. The molecule has 2 aliphatic heterocycles. The minimum Gasteiger partial charge on any atom is -0.496 e. The first-order valence-electron chi connectivity index (χ1n) is 9.60. The number of aryl methyl sites for hydroxylation is 1. The van der Waals surface area contributed by atoms with Crippen LogP contribution in [0.25, 0.3) is 0 Å². The molecule has 6 nitrogen and oxygen atoms in total. The predicted molar refractivity (Wildman–Crippen MR) is 107 cm³/mol. The van der Waals surface area contributed by atoms with Crippen LogP contribution in [0.2, 0.25) is 0 Å². The molecule has 2 aliphatic rings. The first kappa shape index (κ1) is 19.0. The average Bonchev–Trinajstić information content (AvgIpc) is 3.28. The molecule has 148 valence electrons. The SMILES string of the molecule is COc1ccccc1C(=O)N1CCCc2cc(S(=O)(=O)N3CCCC3)ccc21. The van der Waals surface area contributed by atoms with Crippen molar-refractivity contribution in [2.24, 2.45) is 0 Å². The lowest BCUT2D eigenvalue weighted by molar-refractivity contribution is 0.0982. The number of anilines is 1. The molecule has 0 bridgehead atoms. The van der Waals surface area contributed by atoms with Gasteiger partial charge in [0.2, 0.25) is 10.0 Å². The van der Waals surface area contributed by atoms with Gasteiger partial charge in [-0.3, -0.25) is 4.79 Å². The number of fused-ring (bicyclic) bond motifs is 1. The second-order valence-corrected chi connectivity index (χ2v) is 9.10. The molecule has 0 unspecified atom stereocenters. The number of benzene rings is 2. The fraction of sp³-hybridized carbons (Fsp3) is 0.381. The Labute approximate surface area is 165 Å². The largest absolute Gasteiger partial charge is 0.496 e. The highest BCUT2D eigenvalue weighted by atomic mass is 32.2. The molecular formula is C21H24N2O4S. The number of amides is 1. The normalized spacial score (nSPS) is 17.4. The maximum absolute atomic E-state index is 13.2. The molecule has 0 saturated carbocycles. The summed E-state index contributed by atoms with van der Waals surface area (Å²) in [6, 6.07) is 12.3. The van der Waals surface area contributed by atoms with Gasteiger partial charge in [-0.1, -0.05) is 12.1 Å². The van der Waals surface area contributed by atoms with Gasteiger partial charge in [0, 0.05) is 25.3 Å². The summed E-state index contributed by atoms with van der Waals surface area (Å²) in [5.41, 5.74) is 2.18. The molecule has 1 amide bonds. The van der Waals surface area contributed by atoms with E-state index in [4.69, 9.17) is 4.74 Å². The molecule has 1 saturated heterocycles. The average molecular weight is 401 g/mol. The van der Waals surface area contributed by atoms with Crippen molar-refractivity contribution in [3.05, 3.63) is 53.6 Å². The Morgan fingerprint density at radius 1 is 1.00 bits per heavy atom. The molecule has 0 spiro atoms. The zero-order chi connectivity index (χ0) is 19.7. The number of carbonyl (C=O) groups excluding carboxylic acids is 1. The van der Waals surface area contributed by atoms with E-state index >= 15 is 0 Å². The molecule has 1 fully saturated rings. The Kier molecular flexibility index (Phi) is 5.12. The van der Waals surface area contributed by atoms with E-state index < -0.39 is 10.0 Å². The number of sulfonamides is 1. The van der Waals surface area contributed by atoms with E-state index in [1.807, 2.05) is 12.1 Å². The summed E-state index contributed by atoms with van der Waals surface area (Å²) in [6.45, 7) is 1.76. The second kappa shape index (κ2) is 7.56. The minimum atomic E-state index is -3.46. The lowest BCUT2D eigenvalue weighted by Crippen LogP contribution is -2.36.